The van der Waals surface area contributed by atoms with E-state index in [0.717, 1.165) is 0 Å². The van der Waals surface area contributed by atoms with Crippen LogP contribution in [-0.2, 0) is 19.4 Å². The van der Waals surface area contributed by atoms with Crippen molar-refractivity contribution in [1.82, 2.24) is 0 Å². The third-order valence-corrected chi connectivity index (χ3v) is 4.05. The van der Waals surface area contributed by atoms with E-state index in [9.17, 15) is 23.7 Å². The summed E-state index contributed by atoms with van der Waals surface area (Å²) < 4.78 is 38.5. The number of thioether (sulfide) groups is 1. The van der Waals surface area contributed by atoms with Crippen molar-refractivity contribution in [2.75, 3.05) is 6.61 Å². The molecule has 1 aliphatic rings. The summed E-state index contributed by atoms with van der Waals surface area (Å²) >= 11 is 0.688. The Morgan fingerprint density at radius 2 is 1.91 bits per heavy atom. The number of oxime groups is 1. The van der Waals surface area contributed by atoms with E-state index in [1.807, 2.05) is 0 Å². The molecule has 0 aromatic rings. The van der Waals surface area contributed by atoms with Crippen LogP contribution in [0.15, 0.2) is 17.8 Å². The van der Waals surface area contributed by atoms with Crippen molar-refractivity contribution in [3.8, 4) is 0 Å². The van der Waals surface area contributed by atoms with Gasteiger partial charge in [0.05, 0.1) is 6.61 Å². The molecule has 1 saturated heterocycles. The molecule has 5 N–H and O–H groups in total. The van der Waals surface area contributed by atoms with Gasteiger partial charge in [0.15, 0.2) is 0 Å². The van der Waals surface area contributed by atoms with Gasteiger partial charge in [-0.25, -0.2) is 4.28 Å². The second-order valence-electron chi connectivity index (χ2n) is 4.30. The maximum Gasteiger partial charge on any atom is 0.466 e. The molecule has 129 valence electrons. The summed E-state index contributed by atoms with van der Waals surface area (Å²) in [5, 5.41) is 41.3. The maximum absolute atomic E-state index is 10.5. The summed E-state index contributed by atoms with van der Waals surface area (Å²) in [5.41, 5.74) is -1.15. The summed E-state index contributed by atoms with van der Waals surface area (Å²) in [6.07, 6.45) is -4.34. The average molecular weight is 398 g/mol. The zero-order valence-corrected chi connectivity index (χ0v) is 17.0. The largest absolute Gasteiger partial charge is 0.466 e. The van der Waals surface area contributed by atoms with E-state index in [1.54, 1.807) is 0 Å². The molecule has 10 nitrogen and oxygen atoms in total. The molecular weight excluding hydrogens is 381 g/mol. The summed E-state index contributed by atoms with van der Waals surface area (Å²) in [6.45, 7) is 2.82. The van der Waals surface area contributed by atoms with Crippen LogP contribution in [0.1, 0.15) is 6.42 Å². The smallest absolute Gasteiger partial charge is 0.394 e. The molecule has 0 spiro atoms. The van der Waals surface area contributed by atoms with Crippen molar-refractivity contribution in [2.45, 2.75) is 36.3 Å². The predicted molar refractivity (Wildman–Crippen MR) is 82.0 cm³/mol. The molecule has 0 unspecified atom stereocenters. The number of rotatable bonds is 6. The molecule has 0 aromatic carbocycles. The first-order valence-corrected chi connectivity index (χ1v) is 8.25. The molecule has 1 aliphatic heterocycles. The molecule has 0 bridgehead atoms. The van der Waals surface area contributed by atoms with Gasteiger partial charge >= 0.3 is 10.4 Å². The Hall–Kier alpha value is 0.906. The van der Waals surface area contributed by atoms with Gasteiger partial charge in [0, 0.05) is 57.8 Å². The van der Waals surface area contributed by atoms with Crippen LogP contribution in [0.3, 0.4) is 0 Å². The van der Waals surface area contributed by atoms with Gasteiger partial charge in [-0.1, -0.05) is 23.0 Å². The van der Waals surface area contributed by atoms with Crippen molar-refractivity contribution in [2.24, 2.45) is 5.16 Å². The number of aliphatic hydroxyl groups excluding tert-OH is 4. The van der Waals surface area contributed by atoms with Crippen LogP contribution in [0.25, 0.3) is 0 Å². The first kappa shape index (κ1) is 23.9. The van der Waals surface area contributed by atoms with Crippen molar-refractivity contribution in [1.29, 1.82) is 0 Å². The van der Waals surface area contributed by atoms with E-state index in [0.29, 0.717) is 11.8 Å². The fourth-order valence-corrected chi connectivity index (χ4v) is 2.91. The molecule has 0 amide bonds. The van der Waals surface area contributed by atoms with Gasteiger partial charge < -0.3 is 25.2 Å². The Labute approximate surface area is 179 Å². The van der Waals surface area contributed by atoms with E-state index < -0.39 is 46.9 Å². The van der Waals surface area contributed by atoms with Gasteiger partial charge in [-0.05, 0) is 0 Å². The Bertz CT molecular complexity index is 512. The summed E-state index contributed by atoms with van der Waals surface area (Å²) in [4.78, 5) is 0. The zero-order chi connectivity index (χ0) is 16.9. The van der Waals surface area contributed by atoms with Crippen LogP contribution in [0.5, 0.6) is 0 Å². The van der Waals surface area contributed by atoms with Crippen molar-refractivity contribution in [3.05, 3.63) is 12.7 Å². The van der Waals surface area contributed by atoms with Gasteiger partial charge in [0.2, 0.25) is 0 Å². The quantitative estimate of drug-likeness (QED) is 0.0831. The zero-order valence-electron chi connectivity index (χ0n) is 12.2. The molecule has 1 fully saturated rings. The third-order valence-electron chi connectivity index (χ3n) is 2.65. The molecule has 0 aliphatic carbocycles. The normalized spacial score (nSPS) is 32.0. The van der Waals surface area contributed by atoms with Gasteiger partial charge in [0.1, 0.15) is 34.9 Å². The SMILES string of the molecule is C=CC/C(=N/OS(=O)(=O)O)S[C@@H]1O[C@H](CO)[C@@H](O)[C@H](O)[C@H]1O.[K]. The molecule has 1 radical (unpaired) electrons. The number of allylic oxidation sites excluding steroid dienone is 1. The van der Waals surface area contributed by atoms with Gasteiger partial charge in [0.25, 0.3) is 0 Å². The van der Waals surface area contributed by atoms with Crippen LogP contribution in [0.2, 0.25) is 0 Å². The second kappa shape index (κ2) is 10.8. The van der Waals surface area contributed by atoms with Crippen LogP contribution in [0.4, 0.5) is 0 Å². The minimum absolute atomic E-state index is 0. The number of aliphatic hydroxyl groups is 4. The number of ether oxygens (including phenoxy) is 1. The molecule has 1 rings (SSSR count). The summed E-state index contributed by atoms with van der Waals surface area (Å²) in [7, 11) is -4.79. The van der Waals surface area contributed by atoms with Crippen molar-refractivity contribution < 1.29 is 42.4 Å². The van der Waals surface area contributed by atoms with E-state index >= 15 is 0 Å². The first-order valence-electron chi connectivity index (χ1n) is 6.00. The number of hydrogen-bond acceptors (Lipinski definition) is 10. The summed E-state index contributed by atoms with van der Waals surface area (Å²) in [5.74, 6) is 0. The predicted octanol–water partition coefficient (Wildman–Crippen LogP) is -2.15. The van der Waals surface area contributed by atoms with Gasteiger partial charge in [-0.3, -0.25) is 4.55 Å². The topological polar surface area (TPSA) is 166 Å². The maximum atomic E-state index is 10.5. The number of hydrogen-bond donors (Lipinski definition) is 5. The number of nitrogens with zero attached hydrogens (tertiary/aromatic N) is 1. The van der Waals surface area contributed by atoms with Crippen LogP contribution in [0, 0.1) is 0 Å². The van der Waals surface area contributed by atoms with Gasteiger partial charge in [-0.15, -0.1) is 6.58 Å². The second-order valence-corrected chi connectivity index (χ2v) is 6.47. The van der Waals surface area contributed by atoms with Crippen molar-refractivity contribution in [3.63, 3.8) is 0 Å². The molecule has 0 aromatic heterocycles. The molecule has 5 atom stereocenters. The fraction of sp³-hybridized carbons (Fsp3) is 0.700. The Morgan fingerprint density at radius 1 is 1.30 bits per heavy atom. The van der Waals surface area contributed by atoms with Crippen LogP contribution < -0.4 is 0 Å². The van der Waals surface area contributed by atoms with Crippen molar-refractivity contribution >= 4 is 78.6 Å². The fourth-order valence-electron chi connectivity index (χ4n) is 1.62. The van der Waals surface area contributed by atoms with Crippen LogP contribution >= 0.6 is 11.8 Å². The standard InChI is InChI=1S/C10H17NO9S2.K/c1-2-3-6(11-20-22(16,17)18)21-10-9(15)8(14)7(13)5(4-12)19-10;/h2,5,7-10,12-15H,1,3-4H2,(H,16,17,18);/b11-6-;/t5-,7-,8+,9-,10+;/m1./s1. The first-order chi connectivity index (χ1) is 10.2. The molecule has 1 heterocycles. The molecular formula is C10H17KNO9S2. The monoisotopic (exact) mass is 398 g/mol. The minimum Gasteiger partial charge on any atom is -0.394 e. The van der Waals surface area contributed by atoms with E-state index in [2.05, 4.69) is 16.0 Å². The van der Waals surface area contributed by atoms with E-state index in [1.165, 1.54) is 6.08 Å². The Morgan fingerprint density at radius 3 is 2.39 bits per heavy atom. The third kappa shape index (κ3) is 7.77. The van der Waals surface area contributed by atoms with E-state index in [-0.39, 0.29) is 62.8 Å². The molecule has 23 heavy (non-hydrogen) atoms. The average Bonchev–Trinajstić information content (AvgIpc) is 2.44. The minimum atomic E-state index is -4.79. The molecule has 13 heteroatoms. The Kier molecular flexibility index (Phi) is 11.2. The van der Waals surface area contributed by atoms with E-state index in [4.69, 9.17) is 14.4 Å². The summed E-state index contributed by atoms with van der Waals surface area (Å²) in [6, 6.07) is 0. The molecule has 0 saturated carbocycles. The van der Waals surface area contributed by atoms with Gasteiger partial charge in [-0.2, -0.15) is 8.42 Å². The van der Waals surface area contributed by atoms with Crippen LogP contribution in [-0.4, -0.2) is 126 Å². The Balaban J connectivity index is 0.00000484.